The number of hydrogen-bond acceptors (Lipinski definition) is 7. The maximum absolute atomic E-state index is 11.6. The maximum atomic E-state index is 11.6. The van der Waals surface area contributed by atoms with Gasteiger partial charge in [-0.15, -0.1) is 0 Å². The lowest BCUT2D eigenvalue weighted by Gasteiger charge is -2.26. The molecular weight excluding hydrogens is 288 g/mol. The third-order valence-corrected chi connectivity index (χ3v) is 2.85. The first-order valence-electron chi connectivity index (χ1n) is 5.86. The van der Waals surface area contributed by atoms with Crippen molar-refractivity contribution in [1.29, 1.82) is 0 Å². The van der Waals surface area contributed by atoms with Crippen LogP contribution in [0.5, 0.6) is 0 Å². The molecular formula is C12H18O9. The van der Waals surface area contributed by atoms with Crippen LogP contribution < -0.4 is 0 Å². The molecule has 5 N–H and O–H groups in total. The normalized spacial score (nSPS) is 11.2. The van der Waals surface area contributed by atoms with Gasteiger partial charge in [-0.3, -0.25) is 9.59 Å². The van der Waals surface area contributed by atoms with E-state index in [9.17, 15) is 14.4 Å². The van der Waals surface area contributed by atoms with E-state index in [1.807, 2.05) is 0 Å². The van der Waals surface area contributed by atoms with E-state index >= 15 is 0 Å². The molecule has 0 aliphatic heterocycles. The zero-order chi connectivity index (χ0) is 16.6. The predicted octanol–water partition coefficient (Wildman–Crippen LogP) is -1.78. The second kappa shape index (κ2) is 8.35. The van der Waals surface area contributed by atoms with Crippen molar-refractivity contribution >= 4 is 17.9 Å². The van der Waals surface area contributed by atoms with Gasteiger partial charge in [-0.25, -0.2) is 4.79 Å². The number of carboxylic acids is 2. The number of rotatable bonds is 10. The molecule has 0 radical (unpaired) electrons. The summed E-state index contributed by atoms with van der Waals surface area (Å²) in [7, 11) is 0. The summed E-state index contributed by atoms with van der Waals surface area (Å²) in [5.41, 5.74) is -1.82. The average Bonchev–Trinajstić information content (AvgIpc) is 2.45. The summed E-state index contributed by atoms with van der Waals surface area (Å²) in [5, 5.41) is 44.4. The van der Waals surface area contributed by atoms with Crippen molar-refractivity contribution in [2.24, 2.45) is 11.3 Å². The van der Waals surface area contributed by atoms with Gasteiger partial charge in [0.1, 0.15) is 6.61 Å². The van der Waals surface area contributed by atoms with Crippen LogP contribution in [-0.4, -0.2) is 69.9 Å². The van der Waals surface area contributed by atoms with Crippen molar-refractivity contribution in [2.75, 3.05) is 26.4 Å². The summed E-state index contributed by atoms with van der Waals surface area (Å²) < 4.78 is 4.70. The lowest BCUT2D eigenvalue weighted by atomic mass is 9.92. The molecule has 0 aliphatic rings. The van der Waals surface area contributed by atoms with Crippen LogP contribution in [-0.2, 0) is 19.1 Å². The zero-order valence-corrected chi connectivity index (χ0v) is 11.2. The number of carboxylic acid groups (broad SMARTS) is 2. The lowest BCUT2D eigenvalue weighted by Crippen LogP contribution is -2.39. The van der Waals surface area contributed by atoms with Crippen LogP contribution in [0.4, 0.5) is 0 Å². The van der Waals surface area contributed by atoms with Crippen molar-refractivity contribution in [3.63, 3.8) is 0 Å². The third kappa shape index (κ3) is 5.50. The molecule has 120 valence electrons. The summed E-state index contributed by atoms with van der Waals surface area (Å²) in [6.45, 7) is 0.781. The van der Waals surface area contributed by atoms with Gasteiger partial charge in [0.05, 0.1) is 25.2 Å². The van der Waals surface area contributed by atoms with Crippen molar-refractivity contribution in [3.8, 4) is 0 Å². The molecule has 0 unspecified atom stereocenters. The fourth-order valence-corrected chi connectivity index (χ4v) is 1.22. The highest BCUT2D eigenvalue weighted by atomic mass is 16.5. The van der Waals surface area contributed by atoms with Crippen LogP contribution in [0.1, 0.15) is 6.42 Å². The Morgan fingerprint density at radius 2 is 1.43 bits per heavy atom. The molecule has 9 heteroatoms. The first-order chi connectivity index (χ1) is 9.72. The predicted molar refractivity (Wildman–Crippen MR) is 67.2 cm³/mol. The molecule has 0 saturated heterocycles. The number of aliphatic hydroxyl groups excluding tert-OH is 3. The van der Waals surface area contributed by atoms with E-state index in [1.54, 1.807) is 0 Å². The van der Waals surface area contributed by atoms with Crippen molar-refractivity contribution in [2.45, 2.75) is 6.42 Å². The number of hydrogen-bond donors (Lipinski definition) is 5. The molecule has 0 aliphatic carbocycles. The van der Waals surface area contributed by atoms with Crippen molar-refractivity contribution in [1.82, 2.24) is 0 Å². The quantitative estimate of drug-likeness (QED) is 0.178. The van der Waals surface area contributed by atoms with Crippen molar-refractivity contribution in [3.05, 3.63) is 12.2 Å². The van der Waals surface area contributed by atoms with Gasteiger partial charge >= 0.3 is 17.9 Å². The molecule has 0 aromatic rings. The summed E-state index contributed by atoms with van der Waals surface area (Å²) in [6.07, 6.45) is -0.645. The van der Waals surface area contributed by atoms with E-state index in [0.29, 0.717) is 0 Å². The number of aliphatic hydroxyl groups is 3. The van der Waals surface area contributed by atoms with E-state index in [0.717, 1.165) is 0 Å². The molecule has 0 bridgehead atoms. The molecule has 0 spiro atoms. The van der Waals surface area contributed by atoms with Gasteiger partial charge in [-0.1, -0.05) is 6.58 Å². The highest BCUT2D eigenvalue weighted by Crippen LogP contribution is 2.18. The van der Waals surface area contributed by atoms with E-state index < -0.39 is 62.1 Å². The largest absolute Gasteiger partial charge is 0.481 e. The van der Waals surface area contributed by atoms with Gasteiger partial charge < -0.3 is 30.3 Å². The van der Waals surface area contributed by atoms with Crippen LogP contribution in [0.15, 0.2) is 12.2 Å². The van der Waals surface area contributed by atoms with E-state index in [-0.39, 0.29) is 5.57 Å². The molecule has 0 aromatic carbocycles. The van der Waals surface area contributed by atoms with Gasteiger partial charge in [-0.05, 0) is 0 Å². The van der Waals surface area contributed by atoms with Gasteiger partial charge in [0.2, 0.25) is 0 Å². The van der Waals surface area contributed by atoms with Crippen LogP contribution in [0.3, 0.4) is 0 Å². The molecule has 0 atom stereocenters. The fourth-order valence-electron chi connectivity index (χ4n) is 1.22. The first kappa shape index (κ1) is 19.0. The highest BCUT2D eigenvalue weighted by Gasteiger charge is 2.32. The Kier molecular flexibility index (Phi) is 7.56. The molecule has 0 amide bonds. The van der Waals surface area contributed by atoms with Crippen molar-refractivity contribution < 1.29 is 44.7 Å². The smallest absolute Gasteiger partial charge is 0.333 e. The second-order valence-corrected chi connectivity index (χ2v) is 4.59. The second-order valence-electron chi connectivity index (χ2n) is 4.59. The Bertz CT molecular complexity index is 389. The monoisotopic (exact) mass is 306 g/mol. The topological polar surface area (TPSA) is 162 Å². The minimum Gasteiger partial charge on any atom is -0.481 e. The lowest BCUT2D eigenvalue weighted by molar-refractivity contribution is -0.154. The number of carbonyl (C=O) groups excluding carboxylic acids is 1. The highest BCUT2D eigenvalue weighted by molar-refractivity contribution is 5.96. The van der Waals surface area contributed by atoms with E-state index in [1.165, 1.54) is 0 Å². The SMILES string of the molecule is C=C(CC(C(=O)O)C(=O)O)C(=O)OCC(CO)(CO)CO. The average molecular weight is 306 g/mol. The molecule has 0 heterocycles. The minimum absolute atomic E-state index is 0.382. The zero-order valence-electron chi connectivity index (χ0n) is 11.2. The third-order valence-electron chi connectivity index (χ3n) is 2.85. The summed E-state index contributed by atoms with van der Waals surface area (Å²) in [6, 6.07) is 0. The molecule has 0 fully saturated rings. The van der Waals surface area contributed by atoms with Crippen LogP contribution in [0.25, 0.3) is 0 Å². The van der Waals surface area contributed by atoms with Crippen LogP contribution in [0, 0.1) is 11.3 Å². The number of ether oxygens (including phenoxy) is 1. The minimum atomic E-state index is -1.83. The number of esters is 1. The fraction of sp³-hybridized carbons (Fsp3) is 0.583. The summed E-state index contributed by atoms with van der Waals surface area (Å²) >= 11 is 0. The molecule has 0 rings (SSSR count). The maximum Gasteiger partial charge on any atom is 0.333 e. The number of carbonyl (C=O) groups is 3. The summed E-state index contributed by atoms with van der Waals surface area (Å²) in [5.74, 6) is -6.13. The van der Waals surface area contributed by atoms with Crippen LogP contribution >= 0.6 is 0 Å². The van der Waals surface area contributed by atoms with E-state index in [4.69, 9.17) is 30.3 Å². The molecule has 21 heavy (non-hydrogen) atoms. The first-order valence-corrected chi connectivity index (χ1v) is 5.86. The van der Waals surface area contributed by atoms with Crippen LogP contribution in [0.2, 0.25) is 0 Å². The Labute approximate surface area is 120 Å². The molecule has 0 saturated carbocycles. The summed E-state index contributed by atoms with van der Waals surface area (Å²) in [4.78, 5) is 32.9. The standard InChI is InChI=1S/C12H18O9/c1-7(2-8(9(16)17)10(18)19)11(20)21-6-12(3-13,4-14)5-15/h8,13-15H,1-6H2,(H,16,17)(H,18,19). The van der Waals surface area contributed by atoms with Gasteiger partial charge in [0.15, 0.2) is 5.92 Å². The Balaban J connectivity index is 4.63. The van der Waals surface area contributed by atoms with Gasteiger partial charge in [-0.2, -0.15) is 0 Å². The Hall–Kier alpha value is -1.97. The molecule has 9 nitrogen and oxygen atoms in total. The van der Waals surface area contributed by atoms with Gasteiger partial charge in [0, 0.05) is 12.0 Å². The number of aliphatic carboxylic acids is 2. The van der Waals surface area contributed by atoms with Gasteiger partial charge in [0.25, 0.3) is 0 Å². The molecule has 0 aromatic heterocycles. The Morgan fingerprint density at radius 1 is 1.00 bits per heavy atom. The Morgan fingerprint density at radius 3 is 1.76 bits per heavy atom. The van der Waals surface area contributed by atoms with E-state index in [2.05, 4.69) is 6.58 Å².